The molecule has 1 atom stereocenters. The van der Waals surface area contributed by atoms with Crippen molar-refractivity contribution in [1.82, 2.24) is 10.6 Å². The second-order valence-electron chi connectivity index (χ2n) is 4.46. The molecule has 2 rings (SSSR count). The standard InChI is InChI=1S/C14H14F2N2O3/c1-3-21-13(19)11-7(2)17-14(20)18-12(11)8-4-5-9(15)10(16)6-8/h4-6,12H,3H2,1-2H3,(H2,17,18,20)/t12-/m1/s1. The Morgan fingerprint density at radius 2 is 2.05 bits per heavy atom. The van der Waals surface area contributed by atoms with Crippen LogP contribution in [0.1, 0.15) is 25.5 Å². The van der Waals surface area contributed by atoms with E-state index in [-0.39, 0.29) is 17.7 Å². The van der Waals surface area contributed by atoms with Crippen molar-refractivity contribution in [2.24, 2.45) is 0 Å². The molecule has 0 fully saturated rings. The first kappa shape index (κ1) is 15.0. The van der Waals surface area contributed by atoms with Crippen molar-refractivity contribution in [3.05, 3.63) is 46.7 Å². The third kappa shape index (κ3) is 3.01. The first-order valence-electron chi connectivity index (χ1n) is 6.34. The zero-order chi connectivity index (χ0) is 15.6. The smallest absolute Gasteiger partial charge is 0.338 e. The number of amides is 2. The Kier molecular flexibility index (Phi) is 4.21. The fourth-order valence-electron chi connectivity index (χ4n) is 2.12. The SMILES string of the molecule is CCOC(=O)C1=C(C)NC(=O)N[C@@H]1c1ccc(F)c(F)c1. The predicted octanol–water partition coefficient (Wildman–Crippen LogP) is 2.16. The first-order valence-corrected chi connectivity index (χ1v) is 6.34. The number of halogens is 2. The molecule has 2 amide bonds. The maximum absolute atomic E-state index is 13.4. The van der Waals surface area contributed by atoms with Crippen LogP contribution < -0.4 is 10.6 Å². The number of hydrogen-bond donors (Lipinski definition) is 2. The van der Waals surface area contributed by atoms with Crippen molar-refractivity contribution in [3.63, 3.8) is 0 Å². The van der Waals surface area contributed by atoms with Gasteiger partial charge in [0.2, 0.25) is 0 Å². The van der Waals surface area contributed by atoms with Crippen molar-refractivity contribution in [2.75, 3.05) is 6.61 Å². The number of nitrogens with one attached hydrogen (secondary N) is 2. The molecule has 0 aliphatic carbocycles. The molecule has 0 spiro atoms. The summed E-state index contributed by atoms with van der Waals surface area (Å²) in [6.45, 7) is 3.35. The molecule has 1 aliphatic heterocycles. The minimum Gasteiger partial charge on any atom is -0.463 e. The van der Waals surface area contributed by atoms with Crippen LogP contribution in [0.3, 0.4) is 0 Å². The maximum Gasteiger partial charge on any atom is 0.338 e. The average molecular weight is 296 g/mol. The number of carbonyl (C=O) groups excluding carboxylic acids is 2. The summed E-state index contributed by atoms with van der Waals surface area (Å²) >= 11 is 0. The molecule has 1 heterocycles. The molecule has 0 aromatic heterocycles. The highest BCUT2D eigenvalue weighted by molar-refractivity contribution is 5.95. The second-order valence-corrected chi connectivity index (χ2v) is 4.46. The van der Waals surface area contributed by atoms with Gasteiger partial charge < -0.3 is 15.4 Å². The topological polar surface area (TPSA) is 67.4 Å². The van der Waals surface area contributed by atoms with Gasteiger partial charge in [-0.1, -0.05) is 6.07 Å². The summed E-state index contributed by atoms with van der Waals surface area (Å²) in [7, 11) is 0. The van der Waals surface area contributed by atoms with E-state index in [1.54, 1.807) is 6.92 Å². The normalized spacial score (nSPS) is 18.1. The number of carbonyl (C=O) groups is 2. The summed E-state index contributed by atoms with van der Waals surface area (Å²) in [5, 5.41) is 4.96. The van der Waals surface area contributed by atoms with Crippen molar-refractivity contribution >= 4 is 12.0 Å². The van der Waals surface area contributed by atoms with E-state index in [0.29, 0.717) is 5.70 Å². The molecule has 5 nitrogen and oxygen atoms in total. The van der Waals surface area contributed by atoms with Gasteiger partial charge in [-0.3, -0.25) is 0 Å². The van der Waals surface area contributed by atoms with Crippen LogP contribution in [-0.2, 0) is 9.53 Å². The third-order valence-corrected chi connectivity index (χ3v) is 3.04. The summed E-state index contributed by atoms with van der Waals surface area (Å²) < 4.78 is 31.3. The van der Waals surface area contributed by atoms with Gasteiger partial charge in [-0.05, 0) is 31.5 Å². The second kappa shape index (κ2) is 5.90. The molecular formula is C14H14F2N2O3. The fraction of sp³-hybridized carbons (Fsp3) is 0.286. The van der Waals surface area contributed by atoms with Crippen LogP contribution in [0.2, 0.25) is 0 Å². The molecule has 21 heavy (non-hydrogen) atoms. The molecule has 7 heteroatoms. The van der Waals surface area contributed by atoms with Gasteiger partial charge in [-0.25, -0.2) is 18.4 Å². The molecule has 1 aliphatic rings. The van der Waals surface area contributed by atoms with E-state index in [2.05, 4.69) is 10.6 Å². The van der Waals surface area contributed by atoms with Crippen molar-refractivity contribution in [3.8, 4) is 0 Å². The first-order chi connectivity index (χ1) is 9.93. The van der Waals surface area contributed by atoms with Gasteiger partial charge in [0.25, 0.3) is 0 Å². The average Bonchev–Trinajstić information content (AvgIpc) is 2.41. The van der Waals surface area contributed by atoms with E-state index in [1.165, 1.54) is 13.0 Å². The van der Waals surface area contributed by atoms with Gasteiger partial charge in [0.1, 0.15) is 0 Å². The number of rotatable bonds is 3. The highest BCUT2D eigenvalue weighted by Crippen LogP contribution is 2.28. The highest BCUT2D eigenvalue weighted by Gasteiger charge is 2.32. The van der Waals surface area contributed by atoms with E-state index in [4.69, 9.17) is 4.74 Å². The zero-order valence-electron chi connectivity index (χ0n) is 11.5. The molecule has 2 N–H and O–H groups in total. The summed E-state index contributed by atoms with van der Waals surface area (Å²) in [6, 6.07) is 1.76. The maximum atomic E-state index is 13.4. The van der Waals surface area contributed by atoms with Crippen LogP contribution in [0.15, 0.2) is 29.5 Å². The van der Waals surface area contributed by atoms with Crippen LogP contribution in [0.5, 0.6) is 0 Å². The largest absolute Gasteiger partial charge is 0.463 e. The number of urea groups is 1. The van der Waals surface area contributed by atoms with E-state index in [9.17, 15) is 18.4 Å². The van der Waals surface area contributed by atoms with Gasteiger partial charge in [0.05, 0.1) is 18.2 Å². The van der Waals surface area contributed by atoms with Crippen LogP contribution in [0.4, 0.5) is 13.6 Å². The molecule has 0 bridgehead atoms. The van der Waals surface area contributed by atoms with Crippen LogP contribution in [-0.4, -0.2) is 18.6 Å². The molecule has 1 aromatic rings. The van der Waals surface area contributed by atoms with E-state index < -0.39 is 29.7 Å². The molecule has 0 radical (unpaired) electrons. The lowest BCUT2D eigenvalue weighted by Crippen LogP contribution is -2.45. The van der Waals surface area contributed by atoms with Gasteiger partial charge >= 0.3 is 12.0 Å². The number of ether oxygens (including phenoxy) is 1. The highest BCUT2D eigenvalue weighted by atomic mass is 19.2. The number of benzene rings is 1. The Bertz CT molecular complexity index is 629. The van der Waals surface area contributed by atoms with Crippen LogP contribution in [0, 0.1) is 11.6 Å². The summed E-state index contributed by atoms with van der Waals surface area (Å²) in [5.41, 5.74) is 0.723. The van der Waals surface area contributed by atoms with Gasteiger partial charge in [0.15, 0.2) is 11.6 Å². The van der Waals surface area contributed by atoms with E-state index >= 15 is 0 Å². The molecule has 0 saturated heterocycles. The number of allylic oxidation sites excluding steroid dienone is 1. The number of hydrogen-bond acceptors (Lipinski definition) is 3. The minimum absolute atomic E-state index is 0.155. The Balaban J connectivity index is 2.46. The Morgan fingerprint density at radius 1 is 1.33 bits per heavy atom. The van der Waals surface area contributed by atoms with Gasteiger partial charge in [-0.2, -0.15) is 0 Å². The van der Waals surface area contributed by atoms with Crippen molar-refractivity contribution < 1.29 is 23.1 Å². The Morgan fingerprint density at radius 3 is 2.67 bits per heavy atom. The lowest BCUT2D eigenvalue weighted by atomic mass is 9.95. The molecule has 112 valence electrons. The molecule has 1 aromatic carbocycles. The van der Waals surface area contributed by atoms with Gasteiger partial charge in [0, 0.05) is 5.70 Å². The monoisotopic (exact) mass is 296 g/mol. The van der Waals surface area contributed by atoms with Crippen molar-refractivity contribution in [1.29, 1.82) is 0 Å². The molecule has 0 saturated carbocycles. The van der Waals surface area contributed by atoms with E-state index in [0.717, 1.165) is 12.1 Å². The Hall–Kier alpha value is -2.44. The van der Waals surface area contributed by atoms with E-state index in [1.807, 2.05) is 0 Å². The predicted molar refractivity (Wildman–Crippen MR) is 70.1 cm³/mol. The Labute approximate surface area is 120 Å². The molecular weight excluding hydrogens is 282 g/mol. The summed E-state index contributed by atoms with van der Waals surface area (Å²) in [5.74, 6) is -2.68. The minimum atomic E-state index is -1.05. The van der Waals surface area contributed by atoms with Crippen LogP contribution >= 0.6 is 0 Å². The summed E-state index contributed by atoms with van der Waals surface area (Å²) in [4.78, 5) is 23.6. The van der Waals surface area contributed by atoms with Gasteiger partial charge in [-0.15, -0.1) is 0 Å². The fourth-order valence-corrected chi connectivity index (χ4v) is 2.12. The quantitative estimate of drug-likeness (QED) is 0.840. The number of esters is 1. The lowest BCUT2D eigenvalue weighted by molar-refractivity contribution is -0.139. The zero-order valence-corrected chi connectivity index (χ0v) is 11.5. The van der Waals surface area contributed by atoms with Crippen LogP contribution in [0.25, 0.3) is 0 Å². The third-order valence-electron chi connectivity index (χ3n) is 3.04. The summed E-state index contributed by atoms with van der Waals surface area (Å²) in [6.07, 6.45) is 0. The van der Waals surface area contributed by atoms with Crippen molar-refractivity contribution in [2.45, 2.75) is 19.9 Å². The molecule has 0 unspecified atom stereocenters. The lowest BCUT2D eigenvalue weighted by Gasteiger charge is -2.28.